The molecule has 3 atom stereocenters. The van der Waals surface area contributed by atoms with Crippen molar-refractivity contribution < 1.29 is 43.0 Å². The molecular formula is C46H79O9P. The van der Waals surface area contributed by atoms with Crippen LogP contribution in [-0.4, -0.2) is 59.7 Å². The van der Waals surface area contributed by atoms with Crippen molar-refractivity contribution in [2.24, 2.45) is 0 Å². The second kappa shape index (κ2) is 42.1. The maximum absolute atomic E-state index is 12.6. The fourth-order valence-corrected chi connectivity index (χ4v) is 6.19. The molecular weight excluding hydrogens is 727 g/mol. The molecule has 0 aliphatic heterocycles. The fourth-order valence-electron chi connectivity index (χ4n) is 5.40. The number of aliphatic hydroxyl groups is 2. The molecule has 0 radical (unpaired) electrons. The largest absolute Gasteiger partial charge is 0.498 e. The Morgan fingerprint density at radius 2 is 1.02 bits per heavy atom. The van der Waals surface area contributed by atoms with E-state index in [0.29, 0.717) is 6.42 Å². The molecule has 0 heterocycles. The van der Waals surface area contributed by atoms with Crippen LogP contribution in [0.15, 0.2) is 85.3 Å². The quantitative estimate of drug-likeness (QED) is 0.0182. The first kappa shape index (κ1) is 53.5. The van der Waals surface area contributed by atoms with Gasteiger partial charge in [-0.05, 0) is 63.9 Å². The van der Waals surface area contributed by atoms with Crippen molar-refractivity contribution in [3.05, 3.63) is 85.3 Å². The SMILES string of the molecule is CC/C=C\C/C=C\C/C=C\C/C=C\C/C=C\C/C=C\CCC(=O)O[C@H](CO/C=C\CCCCCCCCCCCCCCCC)COP(=O)(O)OC[C@@H](O)CO. The van der Waals surface area contributed by atoms with Crippen molar-refractivity contribution in [3.63, 3.8) is 0 Å². The summed E-state index contributed by atoms with van der Waals surface area (Å²) in [5, 5.41) is 18.3. The molecule has 0 aliphatic carbocycles. The zero-order chi connectivity index (χ0) is 41.1. The molecule has 56 heavy (non-hydrogen) atoms. The van der Waals surface area contributed by atoms with Gasteiger partial charge in [0.25, 0.3) is 0 Å². The van der Waals surface area contributed by atoms with Gasteiger partial charge in [-0.15, -0.1) is 0 Å². The number of ether oxygens (including phenoxy) is 2. The van der Waals surface area contributed by atoms with Crippen molar-refractivity contribution in [2.75, 3.05) is 26.4 Å². The monoisotopic (exact) mass is 807 g/mol. The second-order valence-corrected chi connectivity index (χ2v) is 15.5. The van der Waals surface area contributed by atoms with E-state index in [1.54, 1.807) is 6.26 Å². The lowest BCUT2D eigenvalue weighted by Crippen LogP contribution is -2.28. The summed E-state index contributed by atoms with van der Waals surface area (Å²) in [7, 11) is -4.56. The van der Waals surface area contributed by atoms with Crippen LogP contribution in [0.4, 0.5) is 0 Å². The number of carbonyl (C=O) groups is 1. The molecule has 10 heteroatoms. The summed E-state index contributed by atoms with van der Waals surface area (Å²) in [6.45, 7) is 2.67. The molecule has 0 aliphatic rings. The van der Waals surface area contributed by atoms with Gasteiger partial charge < -0.3 is 24.6 Å². The van der Waals surface area contributed by atoms with Gasteiger partial charge in [0.2, 0.25) is 0 Å². The number of phosphoric acid groups is 1. The van der Waals surface area contributed by atoms with Gasteiger partial charge in [0.05, 0.1) is 26.1 Å². The Hall–Kier alpha value is -2.52. The summed E-state index contributed by atoms with van der Waals surface area (Å²) in [6.07, 6.45) is 52.2. The van der Waals surface area contributed by atoms with Crippen LogP contribution in [-0.2, 0) is 27.9 Å². The third-order valence-electron chi connectivity index (χ3n) is 8.67. The molecule has 1 unspecified atom stereocenters. The van der Waals surface area contributed by atoms with Gasteiger partial charge in [-0.3, -0.25) is 13.8 Å². The lowest BCUT2D eigenvalue weighted by molar-refractivity contribution is -0.153. The maximum Gasteiger partial charge on any atom is 0.472 e. The van der Waals surface area contributed by atoms with Gasteiger partial charge in [-0.2, -0.15) is 0 Å². The molecule has 0 aromatic carbocycles. The van der Waals surface area contributed by atoms with Crippen LogP contribution >= 0.6 is 7.82 Å². The van der Waals surface area contributed by atoms with Crippen LogP contribution in [0.25, 0.3) is 0 Å². The first-order valence-corrected chi connectivity index (χ1v) is 23.1. The molecule has 0 bridgehead atoms. The highest BCUT2D eigenvalue weighted by Gasteiger charge is 2.26. The molecule has 3 N–H and O–H groups in total. The van der Waals surface area contributed by atoms with Crippen molar-refractivity contribution in [1.29, 1.82) is 0 Å². The van der Waals surface area contributed by atoms with Crippen LogP contribution in [0.3, 0.4) is 0 Å². The highest BCUT2D eigenvalue weighted by Crippen LogP contribution is 2.43. The van der Waals surface area contributed by atoms with E-state index in [1.807, 2.05) is 18.2 Å². The molecule has 0 amide bonds. The third-order valence-corrected chi connectivity index (χ3v) is 9.62. The number of esters is 1. The standard InChI is InChI=1S/C46H79O9P/c1-3-5-7-9-11-13-15-17-19-21-22-23-24-26-28-30-32-34-36-38-46(49)55-45(43-54-56(50,51)53-41-44(48)40-47)42-52-39-37-35-33-31-29-27-25-20-18-16-14-12-10-8-6-4-2/h5,7,11,13,17,19,22-23,26,28,32,34,37,39,44-45,47-48H,3-4,6,8-10,12,14-16,18,20-21,24-25,27,29-31,33,35-36,38,40-43H2,1-2H3,(H,50,51)/b7-5-,13-11-,19-17-,23-22-,28-26-,34-32-,39-37-/t44-,45+/m0/s1. The minimum Gasteiger partial charge on any atom is -0.498 e. The molecule has 0 saturated heterocycles. The van der Waals surface area contributed by atoms with E-state index in [9.17, 15) is 19.4 Å². The highest BCUT2D eigenvalue weighted by molar-refractivity contribution is 7.47. The Balaban J connectivity index is 4.38. The molecule has 0 saturated carbocycles. The van der Waals surface area contributed by atoms with E-state index >= 15 is 0 Å². The van der Waals surface area contributed by atoms with E-state index in [-0.39, 0.29) is 13.0 Å². The molecule has 0 rings (SSSR count). The predicted octanol–water partition coefficient (Wildman–Crippen LogP) is 12.3. The van der Waals surface area contributed by atoms with Gasteiger partial charge in [-0.25, -0.2) is 4.57 Å². The molecule has 322 valence electrons. The number of aliphatic hydroxyl groups excluding tert-OH is 2. The Kier molecular flexibility index (Phi) is 40.2. The van der Waals surface area contributed by atoms with E-state index in [0.717, 1.165) is 51.4 Å². The van der Waals surface area contributed by atoms with Crippen molar-refractivity contribution in [3.8, 4) is 0 Å². The van der Waals surface area contributed by atoms with Gasteiger partial charge in [0, 0.05) is 6.42 Å². The number of rotatable bonds is 40. The lowest BCUT2D eigenvalue weighted by Gasteiger charge is -2.20. The fraction of sp³-hybridized carbons (Fsp3) is 0.674. The zero-order valence-corrected chi connectivity index (χ0v) is 36.0. The number of allylic oxidation sites excluding steroid dienone is 13. The number of phosphoric ester groups is 1. The van der Waals surface area contributed by atoms with E-state index < -0.39 is 45.8 Å². The molecule has 9 nitrogen and oxygen atoms in total. The molecule has 0 aromatic rings. The normalized spacial score (nSPS) is 14.8. The summed E-state index contributed by atoms with van der Waals surface area (Å²) in [5.41, 5.74) is 0. The summed E-state index contributed by atoms with van der Waals surface area (Å²) in [6, 6.07) is 0. The number of unbranched alkanes of at least 4 members (excludes halogenated alkanes) is 14. The average Bonchev–Trinajstić information content (AvgIpc) is 3.19. The Morgan fingerprint density at radius 1 is 0.571 bits per heavy atom. The minimum absolute atomic E-state index is 0.0693. The summed E-state index contributed by atoms with van der Waals surface area (Å²) in [5.74, 6) is -0.488. The summed E-state index contributed by atoms with van der Waals surface area (Å²) in [4.78, 5) is 22.5. The van der Waals surface area contributed by atoms with Crippen LogP contribution in [0.1, 0.15) is 162 Å². The average molecular weight is 807 g/mol. The van der Waals surface area contributed by atoms with Gasteiger partial charge in [-0.1, -0.05) is 170 Å². The van der Waals surface area contributed by atoms with Crippen molar-refractivity contribution in [1.82, 2.24) is 0 Å². The van der Waals surface area contributed by atoms with Crippen LogP contribution in [0.2, 0.25) is 0 Å². The van der Waals surface area contributed by atoms with Gasteiger partial charge in [0.15, 0.2) is 6.10 Å². The molecule has 0 aromatic heterocycles. The number of hydrogen-bond acceptors (Lipinski definition) is 8. The van der Waals surface area contributed by atoms with Crippen molar-refractivity contribution >= 4 is 13.8 Å². The smallest absolute Gasteiger partial charge is 0.472 e. The number of hydrogen-bond donors (Lipinski definition) is 3. The molecule has 0 spiro atoms. The van der Waals surface area contributed by atoms with E-state index in [4.69, 9.17) is 23.6 Å². The van der Waals surface area contributed by atoms with Crippen molar-refractivity contribution in [2.45, 2.75) is 174 Å². The minimum atomic E-state index is -4.56. The van der Waals surface area contributed by atoms with Gasteiger partial charge >= 0.3 is 13.8 Å². The molecule has 0 fully saturated rings. The van der Waals surface area contributed by atoms with Gasteiger partial charge in [0.1, 0.15) is 12.7 Å². The van der Waals surface area contributed by atoms with Crippen LogP contribution < -0.4 is 0 Å². The maximum atomic E-state index is 12.6. The second-order valence-electron chi connectivity index (χ2n) is 14.1. The zero-order valence-electron chi connectivity index (χ0n) is 35.1. The van der Waals surface area contributed by atoms with E-state index in [1.165, 1.54) is 83.5 Å². The van der Waals surface area contributed by atoms with Crippen LogP contribution in [0.5, 0.6) is 0 Å². The third kappa shape index (κ3) is 41.1. The number of carbonyl (C=O) groups excluding carboxylic acids is 1. The first-order chi connectivity index (χ1) is 27.3. The van der Waals surface area contributed by atoms with E-state index in [2.05, 4.69) is 74.6 Å². The van der Waals surface area contributed by atoms with Crippen LogP contribution in [0, 0.1) is 0 Å². The Morgan fingerprint density at radius 3 is 1.50 bits per heavy atom. The first-order valence-electron chi connectivity index (χ1n) is 21.6. The highest BCUT2D eigenvalue weighted by atomic mass is 31.2. The Bertz CT molecular complexity index is 1140. The topological polar surface area (TPSA) is 132 Å². The lowest BCUT2D eigenvalue weighted by atomic mass is 10.0. The Labute approximate surface area is 341 Å². The summed E-state index contributed by atoms with van der Waals surface area (Å²) >= 11 is 0. The summed E-state index contributed by atoms with van der Waals surface area (Å²) < 4.78 is 33.0. The predicted molar refractivity (Wildman–Crippen MR) is 232 cm³/mol.